The molecule has 2 aromatic rings. The second kappa shape index (κ2) is 5.59. The molecule has 0 amide bonds. The highest BCUT2D eigenvalue weighted by atomic mass is 32.2. The van der Waals surface area contributed by atoms with E-state index in [2.05, 4.69) is 17.4 Å². The van der Waals surface area contributed by atoms with E-state index in [9.17, 15) is 9.90 Å². The van der Waals surface area contributed by atoms with Crippen LogP contribution in [0.1, 0.15) is 27.5 Å². The molecule has 2 aromatic carbocycles. The van der Waals surface area contributed by atoms with Gasteiger partial charge in [0.05, 0.1) is 11.6 Å². The molecule has 0 saturated heterocycles. The van der Waals surface area contributed by atoms with E-state index in [0.717, 1.165) is 11.5 Å². The molecule has 1 aliphatic heterocycles. The van der Waals surface area contributed by atoms with E-state index >= 15 is 0 Å². The highest BCUT2D eigenvalue weighted by Gasteiger charge is 2.21. The molecule has 20 heavy (non-hydrogen) atoms. The standard InChI is InChI=1S/C16H15NO2S/c18-16(19)13-7-3-4-8-14(13)17-15-10-20-9-11-5-1-2-6-12(11)15/h1-8,15,17H,9-10H2,(H,18,19). The summed E-state index contributed by atoms with van der Waals surface area (Å²) in [6, 6.07) is 15.6. The van der Waals surface area contributed by atoms with Crippen molar-refractivity contribution < 1.29 is 9.90 Å². The largest absolute Gasteiger partial charge is 0.478 e. The molecule has 4 heteroatoms. The molecule has 1 aliphatic rings. The van der Waals surface area contributed by atoms with Crippen molar-refractivity contribution in [1.29, 1.82) is 0 Å². The van der Waals surface area contributed by atoms with Crippen molar-refractivity contribution in [2.75, 3.05) is 11.1 Å². The molecule has 0 saturated carbocycles. The van der Waals surface area contributed by atoms with Crippen LogP contribution in [0, 0.1) is 0 Å². The normalized spacial score (nSPS) is 17.3. The number of para-hydroxylation sites is 1. The highest BCUT2D eigenvalue weighted by Crippen LogP contribution is 2.34. The zero-order chi connectivity index (χ0) is 13.9. The van der Waals surface area contributed by atoms with E-state index in [-0.39, 0.29) is 6.04 Å². The van der Waals surface area contributed by atoms with E-state index in [1.165, 1.54) is 11.1 Å². The summed E-state index contributed by atoms with van der Waals surface area (Å²) >= 11 is 1.87. The minimum Gasteiger partial charge on any atom is -0.478 e. The van der Waals surface area contributed by atoms with Crippen LogP contribution in [-0.4, -0.2) is 16.8 Å². The summed E-state index contributed by atoms with van der Waals surface area (Å²) in [5.74, 6) is 1.07. The molecule has 0 spiro atoms. The van der Waals surface area contributed by atoms with Gasteiger partial charge < -0.3 is 10.4 Å². The van der Waals surface area contributed by atoms with Gasteiger partial charge in [0.25, 0.3) is 0 Å². The van der Waals surface area contributed by atoms with E-state index in [0.29, 0.717) is 11.3 Å². The summed E-state index contributed by atoms with van der Waals surface area (Å²) in [5.41, 5.74) is 3.60. The molecule has 0 aliphatic carbocycles. The summed E-state index contributed by atoms with van der Waals surface area (Å²) in [7, 11) is 0. The number of carbonyl (C=O) groups is 1. The molecule has 0 fully saturated rings. The number of anilines is 1. The van der Waals surface area contributed by atoms with Crippen molar-refractivity contribution in [1.82, 2.24) is 0 Å². The lowest BCUT2D eigenvalue weighted by atomic mass is 10.0. The van der Waals surface area contributed by atoms with Gasteiger partial charge in [-0.1, -0.05) is 36.4 Å². The Bertz CT molecular complexity index is 642. The van der Waals surface area contributed by atoms with Crippen molar-refractivity contribution in [2.24, 2.45) is 0 Å². The fraction of sp³-hybridized carbons (Fsp3) is 0.188. The van der Waals surface area contributed by atoms with Crippen LogP contribution in [0.15, 0.2) is 48.5 Å². The first kappa shape index (κ1) is 13.1. The van der Waals surface area contributed by atoms with E-state index in [1.807, 2.05) is 36.0 Å². The topological polar surface area (TPSA) is 49.3 Å². The van der Waals surface area contributed by atoms with Crippen molar-refractivity contribution in [3.63, 3.8) is 0 Å². The Morgan fingerprint density at radius 2 is 1.90 bits per heavy atom. The minimum atomic E-state index is -0.898. The van der Waals surface area contributed by atoms with Crippen LogP contribution in [-0.2, 0) is 5.75 Å². The van der Waals surface area contributed by atoms with Crippen LogP contribution >= 0.6 is 11.8 Å². The van der Waals surface area contributed by atoms with Gasteiger partial charge in [-0.2, -0.15) is 11.8 Å². The van der Waals surface area contributed by atoms with Gasteiger partial charge in [0, 0.05) is 17.2 Å². The van der Waals surface area contributed by atoms with Gasteiger partial charge in [-0.15, -0.1) is 0 Å². The Morgan fingerprint density at radius 3 is 2.75 bits per heavy atom. The fourth-order valence-corrected chi connectivity index (χ4v) is 3.58. The number of nitrogens with one attached hydrogen (secondary N) is 1. The Balaban J connectivity index is 1.92. The van der Waals surface area contributed by atoms with Gasteiger partial charge >= 0.3 is 5.97 Å². The number of carboxylic acid groups (broad SMARTS) is 1. The fourth-order valence-electron chi connectivity index (χ4n) is 2.48. The third kappa shape index (κ3) is 2.51. The molecule has 2 N–H and O–H groups in total. The first-order chi connectivity index (χ1) is 9.75. The smallest absolute Gasteiger partial charge is 0.337 e. The monoisotopic (exact) mass is 285 g/mol. The highest BCUT2D eigenvalue weighted by molar-refractivity contribution is 7.98. The second-order valence-electron chi connectivity index (χ2n) is 4.76. The number of hydrogen-bond acceptors (Lipinski definition) is 3. The van der Waals surface area contributed by atoms with Crippen LogP contribution in [0.3, 0.4) is 0 Å². The Hall–Kier alpha value is -1.94. The summed E-state index contributed by atoms with van der Waals surface area (Å²) in [4.78, 5) is 11.3. The molecule has 1 heterocycles. The van der Waals surface area contributed by atoms with Crippen LogP contribution in [0.5, 0.6) is 0 Å². The van der Waals surface area contributed by atoms with E-state index in [4.69, 9.17) is 0 Å². The van der Waals surface area contributed by atoms with Crippen LogP contribution < -0.4 is 5.32 Å². The predicted molar refractivity (Wildman–Crippen MR) is 82.4 cm³/mol. The average Bonchev–Trinajstić information content (AvgIpc) is 2.48. The molecule has 3 rings (SSSR count). The maximum Gasteiger partial charge on any atom is 0.337 e. The molecular weight excluding hydrogens is 270 g/mol. The number of hydrogen-bond donors (Lipinski definition) is 2. The van der Waals surface area contributed by atoms with Gasteiger partial charge in [0.1, 0.15) is 0 Å². The number of aromatic carboxylic acids is 1. The lowest BCUT2D eigenvalue weighted by Gasteiger charge is -2.27. The van der Waals surface area contributed by atoms with Gasteiger partial charge in [-0.05, 0) is 23.3 Å². The molecule has 1 atom stereocenters. The van der Waals surface area contributed by atoms with Crippen molar-refractivity contribution in [3.05, 3.63) is 65.2 Å². The third-order valence-corrected chi connectivity index (χ3v) is 4.54. The molecule has 1 unspecified atom stereocenters. The molecule has 0 radical (unpaired) electrons. The van der Waals surface area contributed by atoms with Gasteiger partial charge in [0.15, 0.2) is 0 Å². The lowest BCUT2D eigenvalue weighted by molar-refractivity contribution is 0.0698. The first-order valence-electron chi connectivity index (χ1n) is 6.50. The predicted octanol–water partition coefficient (Wildman–Crippen LogP) is 3.78. The van der Waals surface area contributed by atoms with Crippen LogP contribution in [0.25, 0.3) is 0 Å². The molecule has 102 valence electrons. The maximum atomic E-state index is 11.3. The van der Waals surface area contributed by atoms with Gasteiger partial charge in [0.2, 0.25) is 0 Å². The summed E-state index contributed by atoms with van der Waals surface area (Å²) in [5, 5.41) is 12.6. The molecule has 0 aromatic heterocycles. The Morgan fingerprint density at radius 1 is 1.15 bits per heavy atom. The first-order valence-corrected chi connectivity index (χ1v) is 7.65. The second-order valence-corrected chi connectivity index (χ2v) is 5.79. The maximum absolute atomic E-state index is 11.3. The quantitative estimate of drug-likeness (QED) is 0.901. The van der Waals surface area contributed by atoms with Gasteiger partial charge in [-0.25, -0.2) is 4.79 Å². The molecular formula is C16H15NO2S. The molecule has 3 nitrogen and oxygen atoms in total. The number of rotatable bonds is 3. The van der Waals surface area contributed by atoms with Gasteiger partial charge in [-0.3, -0.25) is 0 Å². The zero-order valence-electron chi connectivity index (χ0n) is 10.9. The summed E-state index contributed by atoms with van der Waals surface area (Å²) in [6.45, 7) is 0. The minimum absolute atomic E-state index is 0.158. The van der Waals surface area contributed by atoms with Crippen molar-refractivity contribution in [2.45, 2.75) is 11.8 Å². The lowest BCUT2D eigenvalue weighted by Crippen LogP contribution is -2.20. The Kier molecular flexibility index (Phi) is 3.65. The number of carboxylic acids is 1. The summed E-state index contributed by atoms with van der Waals surface area (Å²) in [6.07, 6.45) is 0. The number of thioether (sulfide) groups is 1. The SMILES string of the molecule is O=C(O)c1ccccc1NC1CSCc2ccccc21. The molecule has 0 bridgehead atoms. The zero-order valence-corrected chi connectivity index (χ0v) is 11.7. The third-order valence-electron chi connectivity index (χ3n) is 3.46. The van der Waals surface area contributed by atoms with Crippen LogP contribution in [0.2, 0.25) is 0 Å². The Labute approximate surface area is 122 Å². The number of fused-ring (bicyclic) bond motifs is 1. The van der Waals surface area contributed by atoms with Crippen molar-refractivity contribution in [3.8, 4) is 0 Å². The van der Waals surface area contributed by atoms with E-state index in [1.54, 1.807) is 12.1 Å². The van der Waals surface area contributed by atoms with E-state index < -0.39 is 5.97 Å². The number of benzene rings is 2. The van der Waals surface area contributed by atoms with Crippen molar-refractivity contribution >= 4 is 23.4 Å². The average molecular weight is 285 g/mol. The summed E-state index contributed by atoms with van der Waals surface area (Å²) < 4.78 is 0. The van der Waals surface area contributed by atoms with Crippen LogP contribution in [0.4, 0.5) is 5.69 Å².